The third-order valence-corrected chi connectivity index (χ3v) is 4.25. The maximum Gasteiger partial charge on any atom is 0.268 e. The van der Waals surface area contributed by atoms with Crippen molar-refractivity contribution in [1.29, 1.82) is 0 Å². The van der Waals surface area contributed by atoms with Gasteiger partial charge in [0.15, 0.2) is 5.82 Å². The number of aromatic nitrogens is 1. The molecule has 2 atom stereocenters. The largest absolute Gasteiger partial charge is 0.348 e. The van der Waals surface area contributed by atoms with Crippen LogP contribution >= 0.6 is 11.6 Å². The first-order chi connectivity index (χ1) is 9.47. The number of halogens is 2. The van der Waals surface area contributed by atoms with E-state index in [1.807, 2.05) is 6.92 Å². The minimum atomic E-state index is -0.412. The van der Waals surface area contributed by atoms with E-state index in [1.54, 1.807) is 19.1 Å². The molecule has 1 fully saturated rings. The van der Waals surface area contributed by atoms with Gasteiger partial charge >= 0.3 is 0 Å². The zero-order valence-electron chi connectivity index (χ0n) is 11.2. The SMILES string of the molecule is Cc1c(Cl)cc2cc(C(=O)N[C@@H]3CN[C@@H]3C)[nH]c2c1F. The van der Waals surface area contributed by atoms with Crippen LogP contribution < -0.4 is 10.6 Å². The van der Waals surface area contributed by atoms with Crippen molar-refractivity contribution in [3.63, 3.8) is 0 Å². The molecule has 0 unspecified atom stereocenters. The smallest absolute Gasteiger partial charge is 0.268 e. The van der Waals surface area contributed by atoms with Gasteiger partial charge < -0.3 is 15.6 Å². The molecule has 2 heterocycles. The van der Waals surface area contributed by atoms with Crippen molar-refractivity contribution in [2.24, 2.45) is 0 Å². The molecule has 4 nitrogen and oxygen atoms in total. The predicted octanol–water partition coefficient (Wildman–Crippen LogP) is 2.36. The standard InChI is InChI=1S/C14H15ClFN3O/c1-6-9(15)3-8-4-10(18-13(8)12(6)16)14(20)19-11-5-17-7(11)2/h3-4,7,11,17-18H,5H2,1-2H3,(H,19,20)/t7-,11-/m1/s1. The van der Waals surface area contributed by atoms with Crippen LogP contribution in [0.1, 0.15) is 23.0 Å². The average molecular weight is 296 g/mol. The van der Waals surface area contributed by atoms with E-state index < -0.39 is 5.82 Å². The van der Waals surface area contributed by atoms with Crippen LogP contribution in [0.5, 0.6) is 0 Å². The lowest BCUT2D eigenvalue weighted by atomic mass is 10.0. The Labute approximate surface area is 120 Å². The molecule has 0 spiro atoms. The second-order valence-corrected chi connectivity index (χ2v) is 5.63. The van der Waals surface area contributed by atoms with Crippen molar-refractivity contribution in [2.75, 3.05) is 6.54 Å². The summed E-state index contributed by atoms with van der Waals surface area (Å²) < 4.78 is 14.1. The highest BCUT2D eigenvalue weighted by Gasteiger charge is 2.28. The molecule has 1 aliphatic rings. The number of amides is 1. The van der Waals surface area contributed by atoms with Crippen molar-refractivity contribution >= 4 is 28.4 Å². The van der Waals surface area contributed by atoms with E-state index in [0.717, 1.165) is 6.54 Å². The van der Waals surface area contributed by atoms with Crippen molar-refractivity contribution in [3.05, 3.63) is 34.2 Å². The predicted molar refractivity (Wildman–Crippen MR) is 76.7 cm³/mol. The number of carbonyl (C=O) groups is 1. The molecule has 1 aromatic heterocycles. The highest BCUT2D eigenvalue weighted by Crippen LogP contribution is 2.27. The van der Waals surface area contributed by atoms with Gasteiger partial charge in [-0.2, -0.15) is 0 Å². The van der Waals surface area contributed by atoms with Crippen molar-refractivity contribution in [3.8, 4) is 0 Å². The molecule has 2 aromatic rings. The van der Waals surface area contributed by atoms with Crippen LogP contribution in [-0.4, -0.2) is 29.5 Å². The van der Waals surface area contributed by atoms with Gasteiger partial charge in [0, 0.05) is 28.6 Å². The number of hydrogen-bond donors (Lipinski definition) is 3. The minimum Gasteiger partial charge on any atom is -0.348 e. The summed E-state index contributed by atoms with van der Waals surface area (Å²) in [5.74, 6) is -0.641. The molecule has 0 radical (unpaired) electrons. The fraction of sp³-hybridized carbons (Fsp3) is 0.357. The number of H-pyrrole nitrogens is 1. The summed E-state index contributed by atoms with van der Waals surface area (Å²) in [6.45, 7) is 4.37. The van der Waals surface area contributed by atoms with Crippen LogP contribution in [0.25, 0.3) is 10.9 Å². The maximum absolute atomic E-state index is 14.1. The molecule has 1 aromatic carbocycles. The van der Waals surface area contributed by atoms with Gasteiger partial charge in [0.1, 0.15) is 5.69 Å². The van der Waals surface area contributed by atoms with Gasteiger partial charge in [-0.05, 0) is 26.0 Å². The molecule has 3 rings (SSSR count). The normalized spacial score (nSPS) is 21.8. The summed E-state index contributed by atoms with van der Waals surface area (Å²) in [7, 11) is 0. The van der Waals surface area contributed by atoms with Gasteiger partial charge in [0.2, 0.25) is 0 Å². The zero-order chi connectivity index (χ0) is 14.4. The van der Waals surface area contributed by atoms with Gasteiger partial charge in [-0.3, -0.25) is 4.79 Å². The summed E-state index contributed by atoms with van der Waals surface area (Å²) in [4.78, 5) is 15.0. The molecule has 3 N–H and O–H groups in total. The molecule has 106 valence electrons. The van der Waals surface area contributed by atoms with E-state index in [2.05, 4.69) is 15.6 Å². The highest BCUT2D eigenvalue weighted by atomic mass is 35.5. The van der Waals surface area contributed by atoms with Crippen LogP contribution in [0.15, 0.2) is 12.1 Å². The number of carbonyl (C=O) groups excluding carboxylic acids is 1. The molecule has 20 heavy (non-hydrogen) atoms. The minimum absolute atomic E-state index is 0.115. The lowest BCUT2D eigenvalue weighted by Gasteiger charge is -2.35. The molecule has 0 bridgehead atoms. The molecular weight excluding hydrogens is 281 g/mol. The third kappa shape index (κ3) is 2.07. The van der Waals surface area contributed by atoms with E-state index in [4.69, 9.17) is 11.6 Å². The van der Waals surface area contributed by atoms with E-state index in [9.17, 15) is 9.18 Å². The van der Waals surface area contributed by atoms with Crippen LogP contribution in [0.4, 0.5) is 4.39 Å². The number of fused-ring (bicyclic) bond motifs is 1. The Morgan fingerprint density at radius 3 is 2.85 bits per heavy atom. The molecule has 1 saturated heterocycles. The molecule has 6 heteroatoms. The van der Waals surface area contributed by atoms with Gasteiger partial charge in [-0.25, -0.2) is 4.39 Å². The Hall–Kier alpha value is -1.59. The van der Waals surface area contributed by atoms with Crippen LogP contribution in [0.2, 0.25) is 5.02 Å². The van der Waals surface area contributed by atoms with Crippen molar-refractivity contribution < 1.29 is 9.18 Å². The molecule has 1 amide bonds. The summed E-state index contributed by atoms with van der Waals surface area (Å²) in [6, 6.07) is 3.66. The van der Waals surface area contributed by atoms with Gasteiger partial charge in [0.25, 0.3) is 5.91 Å². The Morgan fingerprint density at radius 2 is 2.25 bits per heavy atom. The molecule has 0 saturated carbocycles. The monoisotopic (exact) mass is 295 g/mol. The molecule has 1 aliphatic heterocycles. The number of nitrogens with one attached hydrogen (secondary N) is 3. The van der Waals surface area contributed by atoms with E-state index >= 15 is 0 Å². The molecular formula is C14H15ClFN3O. The Bertz CT molecular complexity index is 697. The van der Waals surface area contributed by atoms with Crippen LogP contribution in [0.3, 0.4) is 0 Å². The van der Waals surface area contributed by atoms with Gasteiger partial charge in [-0.15, -0.1) is 0 Å². The topological polar surface area (TPSA) is 56.9 Å². The lowest BCUT2D eigenvalue weighted by molar-refractivity contribution is 0.0902. The first-order valence-corrected chi connectivity index (χ1v) is 6.86. The maximum atomic E-state index is 14.1. The van der Waals surface area contributed by atoms with E-state index in [1.165, 1.54) is 0 Å². The second kappa shape index (κ2) is 4.75. The first kappa shape index (κ1) is 13.4. The van der Waals surface area contributed by atoms with Crippen LogP contribution in [0, 0.1) is 12.7 Å². The van der Waals surface area contributed by atoms with Crippen LogP contribution in [-0.2, 0) is 0 Å². The number of rotatable bonds is 2. The first-order valence-electron chi connectivity index (χ1n) is 6.49. The average Bonchev–Trinajstić information content (AvgIpc) is 2.84. The molecule has 0 aliphatic carbocycles. The lowest BCUT2D eigenvalue weighted by Crippen LogP contribution is -2.63. The van der Waals surface area contributed by atoms with Crippen molar-refractivity contribution in [2.45, 2.75) is 25.9 Å². The summed E-state index contributed by atoms with van der Waals surface area (Å²) in [5.41, 5.74) is 1.04. The fourth-order valence-electron chi connectivity index (χ4n) is 2.32. The van der Waals surface area contributed by atoms with Crippen molar-refractivity contribution in [1.82, 2.24) is 15.6 Å². The highest BCUT2D eigenvalue weighted by molar-refractivity contribution is 6.32. The summed E-state index contributed by atoms with van der Waals surface area (Å²) >= 11 is 5.95. The number of aromatic amines is 1. The number of hydrogen-bond acceptors (Lipinski definition) is 2. The summed E-state index contributed by atoms with van der Waals surface area (Å²) in [5, 5.41) is 7.03. The second-order valence-electron chi connectivity index (χ2n) is 5.22. The van der Waals surface area contributed by atoms with E-state index in [0.29, 0.717) is 27.2 Å². The van der Waals surface area contributed by atoms with Gasteiger partial charge in [-0.1, -0.05) is 11.6 Å². The Morgan fingerprint density at radius 1 is 1.50 bits per heavy atom. The quantitative estimate of drug-likeness (QED) is 0.796. The third-order valence-electron chi connectivity index (χ3n) is 3.86. The summed E-state index contributed by atoms with van der Waals surface area (Å²) in [6.07, 6.45) is 0. The van der Waals surface area contributed by atoms with E-state index in [-0.39, 0.29) is 18.0 Å². The fourth-order valence-corrected chi connectivity index (χ4v) is 2.52. The zero-order valence-corrected chi connectivity index (χ0v) is 11.9. The number of benzene rings is 1. The Balaban J connectivity index is 1.92. The Kier molecular flexibility index (Phi) is 3.18. The van der Waals surface area contributed by atoms with Gasteiger partial charge in [0.05, 0.1) is 11.6 Å².